The maximum Gasteiger partial charge on any atom is 0.241 e. The van der Waals surface area contributed by atoms with E-state index in [1.807, 2.05) is 19.9 Å². The summed E-state index contributed by atoms with van der Waals surface area (Å²) in [5, 5.41) is 0. The predicted molar refractivity (Wildman–Crippen MR) is 85.8 cm³/mol. The van der Waals surface area contributed by atoms with Gasteiger partial charge in [-0.2, -0.15) is 0 Å². The Kier molecular flexibility index (Phi) is 5.47. The lowest BCUT2D eigenvalue weighted by atomic mass is 9.94. The summed E-state index contributed by atoms with van der Waals surface area (Å²) in [6.07, 6.45) is 3.64. The Labute approximate surface area is 133 Å². The summed E-state index contributed by atoms with van der Waals surface area (Å²) >= 11 is 0. The smallest absolute Gasteiger partial charge is 0.241 e. The molecule has 0 aliphatic heterocycles. The topological polar surface area (TPSA) is 64.6 Å². The van der Waals surface area contributed by atoms with Crippen molar-refractivity contribution in [3.8, 4) is 5.75 Å². The number of benzene rings is 1. The second-order valence-corrected chi connectivity index (χ2v) is 7.60. The second kappa shape index (κ2) is 6.98. The normalized spacial score (nSPS) is 22.5. The van der Waals surface area contributed by atoms with Crippen LogP contribution in [-0.4, -0.2) is 34.8 Å². The maximum absolute atomic E-state index is 12.7. The van der Waals surface area contributed by atoms with E-state index in [0.717, 1.165) is 36.8 Å². The Morgan fingerprint density at radius 1 is 1.05 bits per heavy atom. The number of sulfonamides is 1. The van der Waals surface area contributed by atoms with Crippen molar-refractivity contribution in [3.63, 3.8) is 0 Å². The number of ether oxygens (including phenoxy) is 2. The highest BCUT2D eigenvalue weighted by atomic mass is 32.2. The van der Waals surface area contributed by atoms with E-state index in [1.54, 1.807) is 20.3 Å². The van der Waals surface area contributed by atoms with Crippen LogP contribution in [0.15, 0.2) is 17.0 Å². The van der Waals surface area contributed by atoms with Gasteiger partial charge in [-0.05, 0) is 50.7 Å². The SMILES string of the molecule is COc1cc(S(=O)(=O)NC2CCC(OC)CC2)c(C)cc1C. The van der Waals surface area contributed by atoms with Gasteiger partial charge in [0.05, 0.1) is 18.1 Å². The molecule has 1 aliphatic carbocycles. The third-order valence-corrected chi connectivity index (χ3v) is 5.97. The maximum atomic E-state index is 12.7. The molecule has 1 fully saturated rings. The zero-order chi connectivity index (χ0) is 16.3. The van der Waals surface area contributed by atoms with Crippen LogP contribution >= 0.6 is 0 Å². The molecule has 0 aromatic heterocycles. The van der Waals surface area contributed by atoms with E-state index in [9.17, 15) is 8.42 Å². The lowest BCUT2D eigenvalue weighted by Crippen LogP contribution is -2.39. The average Bonchev–Trinajstić information content (AvgIpc) is 2.47. The van der Waals surface area contributed by atoms with Gasteiger partial charge in [-0.25, -0.2) is 13.1 Å². The van der Waals surface area contributed by atoms with Gasteiger partial charge in [0.15, 0.2) is 0 Å². The molecule has 0 saturated heterocycles. The summed E-state index contributed by atoms with van der Waals surface area (Å²) in [6, 6.07) is 3.42. The van der Waals surface area contributed by atoms with Crippen molar-refractivity contribution in [1.29, 1.82) is 0 Å². The summed E-state index contributed by atoms with van der Waals surface area (Å²) in [7, 11) is -0.280. The largest absolute Gasteiger partial charge is 0.496 e. The fraction of sp³-hybridized carbons (Fsp3) is 0.625. The van der Waals surface area contributed by atoms with Crippen molar-refractivity contribution in [2.75, 3.05) is 14.2 Å². The molecule has 1 aromatic rings. The van der Waals surface area contributed by atoms with E-state index < -0.39 is 10.0 Å². The average molecular weight is 327 g/mol. The van der Waals surface area contributed by atoms with E-state index in [4.69, 9.17) is 9.47 Å². The molecule has 0 spiro atoms. The lowest BCUT2D eigenvalue weighted by molar-refractivity contribution is 0.0649. The molecule has 1 N–H and O–H groups in total. The first-order valence-electron chi connectivity index (χ1n) is 7.57. The van der Waals surface area contributed by atoms with Gasteiger partial charge < -0.3 is 9.47 Å². The van der Waals surface area contributed by atoms with Crippen molar-refractivity contribution < 1.29 is 17.9 Å². The summed E-state index contributed by atoms with van der Waals surface area (Å²) in [5.74, 6) is 0.592. The van der Waals surface area contributed by atoms with Gasteiger partial charge in [0, 0.05) is 19.2 Å². The van der Waals surface area contributed by atoms with Gasteiger partial charge in [-0.3, -0.25) is 0 Å². The van der Waals surface area contributed by atoms with Crippen LogP contribution in [0.2, 0.25) is 0 Å². The number of rotatable bonds is 5. The second-order valence-electron chi connectivity index (χ2n) is 5.92. The third-order valence-electron chi connectivity index (χ3n) is 4.31. The third kappa shape index (κ3) is 3.80. The molecule has 0 unspecified atom stereocenters. The highest BCUT2D eigenvalue weighted by molar-refractivity contribution is 7.89. The number of nitrogens with one attached hydrogen (secondary N) is 1. The number of hydrogen-bond donors (Lipinski definition) is 1. The molecule has 22 heavy (non-hydrogen) atoms. The van der Waals surface area contributed by atoms with Crippen molar-refractivity contribution >= 4 is 10.0 Å². The number of aryl methyl sites for hydroxylation is 2. The van der Waals surface area contributed by atoms with Crippen LogP contribution < -0.4 is 9.46 Å². The van der Waals surface area contributed by atoms with Crippen LogP contribution in [0.5, 0.6) is 5.75 Å². The molecule has 0 heterocycles. The Morgan fingerprint density at radius 2 is 1.68 bits per heavy atom. The van der Waals surface area contributed by atoms with Crippen LogP contribution in [0.3, 0.4) is 0 Å². The Hall–Kier alpha value is -1.11. The molecule has 1 aromatic carbocycles. The van der Waals surface area contributed by atoms with E-state index in [1.165, 1.54) is 0 Å². The van der Waals surface area contributed by atoms with E-state index in [2.05, 4.69) is 4.72 Å². The quantitative estimate of drug-likeness (QED) is 0.902. The van der Waals surface area contributed by atoms with Crippen LogP contribution in [-0.2, 0) is 14.8 Å². The Balaban J connectivity index is 2.17. The molecule has 124 valence electrons. The van der Waals surface area contributed by atoms with Gasteiger partial charge in [-0.1, -0.05) is 6.07 Å². The molecular formula is C16H25NO4S. The van der Waals surface area contributed by atoms with Crippen molar-refractivity contribution in [2.45, 2.75) is 56.6 Å². The Bertz CT molecular complexity index is 619. The van der Waals surface area contributed by atoms with E-state index in [-0.39, 0.29) is 12.1 Å². The number of methoxy groups -OCH3 is 2. The van der Waals surface area contributed by atoms with Gasteiger partial charge in [0.2, 0.25) is 10.0 Å². The molecule has 0 bridgehead atoms. The zero-order valence-corrected chi connectivity index (χ0v) is 14.5. The first-order chi connectivity index (χ1) is 10.4. The standard InChI is InChI=1S/C16H25NO4S/c1-11-9-12(2)16(10-15(11)21-4)22(18,19)17-13-5-7-14(20-3)8-6-13/h9-10,13-14,17H,5-8H2,1-4H3. The van der Waals surface area contributed by atoms with Crippen molar-refractivity contribution in [3.05, 3.63) is 23.3 Å². The van der Waals surface area contributed by atoms with E-state index >= 15 is 0 Å². The molecule has 0 radical (unpaired) electrons. The molecule has 1 aliphatic rings. The number of hydrogen-bond acceptors (Lipinski definition) is 4. The minimum atomic E-state index is -3.53. The molecular weight excluding hydrogens is 302 g/mol. The van der Waals surface area contributed by atoms with Gasteiger partial charge in [-0.15, -0.1) is 0 Å². The van der Waals surface area contributed by atoms with Gasteiger partial charge in [0.1, 0.15) is 5.75 Å². The van der Waals surface area contributed by atoms with Gasteiger partial charge in [0.25, 0.3) is 0 Å². The molecule has 1 saturated carbocycles. The zero-order valence-electron chi connectivity index (χ0n) is 13.7. The minimum Gasteiger partial charge on any atom is -0.496 e. The summed E-state index contributed by atoms with van der Waals surface area (Å²) in [6.45, 7) is 3.71. The monoisotopic (exact) mass is 327 g/mol. The summed E-state index contributed by atoms with van der Waals surface area (Å²) in [5.41, 5.74) is 1.66. The van der Waals surface area contributed by atoms with E-state index in [0.29, 0.717) is 10.6 Å². The first kappa shape index (κ1) is 17.2. The molecule has 0 atom stereocenters. The highest BCUT2D eigenvalue weighted by Crippen LogP contribution is 2.27. The Morgan fingerprint density at radius 3 is 2.23 bits per heavy atom. The minimum absolute atomic E-state index is 0.0249. The van der Waals surface area contributed by atoms with Crippen LogP contribution in [0, 0.1) is 13.8 Å². The van der Waals surface area contributed by atoms with Crippen LogP contribution in [0.4, 0.5) is 0 Å². The summed E-state index contributed by atoms with van der Waals surface area (Å²) in [4.78, 5) is 0.295. The van der Waals surface area contributed by atoms with Gasteiger partial charge >= 0.3 is 0 Å². The molecule has 6 heteroatoms. The fourth-order valence-corrected chi connectivity index (χ4v) is 4.57. The van der Waals surface area contributed by atoms with Crippen molar-refractivity contribution in [2.24, 2.45) is 0 Å². The van der Waals surface area contributed by atoms with Crippen molar-refractivity contribution in [1.82, 2.24) is 4.72 Å². The van der Waals surface area contributed by atoms with Crippen LogP contribution in [0.25, 0.3) is 0 Å². The molecule has 5 nitrogen and oxygen atoms in total. The van der Waals surface area contributed by atoms with Crippen LogP contribution in [0.1, 0.15) is 36.8 Å². The molecule has 0 amide bonds. The summed E-state index contributed by atoms with van der Waals surface area (Å²) < 4.78 is 38.7. The lowest BCUT2D eigenvalue weighted by Gasteiger charge is -2.28. The molecule has 2 rings (SSSR count). The first-order valence-corrected chi connectivity index (χ1v) is 9.06. The highest BCUT2D eigenvalue weighted by Gasteiger charge is 2.27. The predicted octanol–water partition coefficient (Wildman–Crippen LogP) is 2.55. The fourth-order valence-electron chi connectivity index (χ4n) is 3.02.